The first kappa shape index (κ1) is 19.9. The van der Waals surface area contributed by atoms with Gasteiger partial charge in [0.2, 0.25) is 5.62 Å². The molecule has 160 valence electrons. The zero-order chi connectivity index (χ0) is 21.6. The number of pyridine rings is 1. The molecule has 8 nitrogen and oxygen atoms in total. The number of quaternary nitrogens is 1. The first-order valence-corrected chi connectivity index (χ1v) is 10.7. The molecule has 0 saturated carbocycles. The van der Waals surface area contributed by atoms with Crippen LogP contribution in [0.4, 0.5) is 5.82 Å². The summed E-state index contributed by atoms with van der Waals surface area (Å²) in [4.78, 5) is 9.18. The maximum Gasteiger partial charge on any atom is 0.228 e. The summed E-state index contributed by atoms with van der Waals surface area (Å²) in [5.74, 6) is 0.657. The Morgan fingerprint density at radius 2 is 1.84 bits per heavy atom. The van der Waals surface area contributed by atoms with Crippen LogP contribution in [-0.2, 0) is 6.67 Å². The molecule has 3 N–H and O–H groups in total. The molecule has 1 aromatic carbocycles. The van der Waals surface area contributed by atoms with Gasteiger partial charge in [-0.25, -0.2) is 19.7 Å². The number of anilines is 1. The van der Waals surface area contributed by atoms with Crippen molar-refractivity contribution < 1.29 is 4.76 Å². The van der Waals surface area contributed by atoms with Gasteiger partial charge in [0.25, 0.3) is 0 Å². The molecular formula is C23H27N7O. The zero-order valence-electron chi connectivity index (χ0n) is 17.9. The molecule has 0 bridgehead atoms. The normalized spacial score (nSPS) is 22.7. The van der Waals surface area contributed by atoms with Gasteiger partial charge in [0.15, 0.2) is 12.5 Å². The van der Waals surface area contributed by atoms with Crippen molar-refractivity contribution in [3.05, 3.63) is 64.7 Å². The third kappa shape index (κ3) is 3.52. The molecule has 2 aliphatic rings. The van der Waals surface area contributed by atoms with Crippen LogP contribution in [0.2, 0.25) is 0 Å². The fourth-order valence-electron chi connectivity index (χ4n) is 4.71. The van der Waals surface area contributed by atoms with Crippen LogP contribution < -0.4 is 16.4 Å². The van der Waals surface area contributed by atoms with Crippen molar-refractivity contribution in [2.24, 2.45) is 0 Å². The molecule has 0 aliphatic carbocycles. The van der Waals surface area contributed by atoms with E-state index in [1.165, 1.54) is 0 Å². The van der Waals surface area contributed by atoms with E-state index in [4.69, 9.17) is 5.41 Å². The smallest absolute Gasteiger partial charge is 0.228 e. The molecule has 2 aromatic heterocycles. The number of nitrogens with zero attached hydrogens (tertiary/aromatic N) is 4. The van der Waals surface area contributed by atoms with Crippen molar-refractivity contribution in [1.82, 2.24) is 19.9 Å². The summed E-state index contributed by atoms with van der Waals surface area (Å²) in [5, 5.41) is 25.8. The molecule has 5 rings (SSSR count). The Morgan fingerprint density at radius 3 is 2.52 bits per heavy atom. The van der Waals surface area contributed by atoms with Crippen LogP contribution in [-0.4, -0.2) is 38.4 Å². The van der Waals surface area contributed by atoms with Crippen LogP contribution in [0, 0.1) is 24.5 Å². The number of nitrogens with one attached hydrogen (secondary N) is 3. The Kier molecular flexibility index (Phi) is 4.85. The summed E-state index contributed by atoms with van der Waals surface area (Å²) in [5.41, 5.74) is 8.56. The first-order valence-electron chi connectivity index (χ1n) is 10.7. The van der Waals surface area contributed by atoms with Crippen molar-refractivity contribution in [3.63, 3.8) is 0 Å². The van der Waals surface area contributed by atoms with Gasteiger partial charge in [-0.15, -0.1) is 0 Å². The quantitative estimate of drug-likeness (QED) is 0.449. The molecule has 1 saturated heterocycles. The van der Waals surface area contributed by atoms with E-state index in [-0.39, 0.29) is 18.3 Å². The Balaban J connectivity index is 1.73. The fraction of sp³-hybridized carbons (Fsp3) is 0.348. The van der Waals surface area contributed by atoms with Gasteiger partial charge in [0, 0.05) is 23.4 Å². The second-order valence-electron chi connectivity index (χ2n) is 8.49. The SMILES string of the molecule is Cc1cc(-c2c(-c3ccccc3)nc(=N)n3c2N[N+]([O-])(C2CCCNC2)C3)cc(C)n1. The van der Waals surface area contributed by atoms with Gasteiger partial charge in [0.1, 0.15) is 6.04 Å². The van der Waals surface area contributed by atoms with Gasteiger partial charge in [-0.3, -0.25) is 10.4 Å². The highest BCUT2D eigenvalue weighted by Crippen LogP contribution is 2.40. The number of hydrogen-bond donors (Lipinski definition) is 3. The third-order valence-corrected chi connectivity index (χ3v) is 6.14. The molecule has 1 fully saturated rings. The van der Waals surface area contributed by atoms with E-state index in [2.05, 4.69) is 20.7 Å². The van der Waals surface area contributed by atoms with E-state index < -0.39 is 4.76 Å². The number of hydroxylamine groups is 2. The summed E-state index contributed by atoms with van der Waals surface area (Å²) < 4.78 is 1.14. The summed E-state index contributed by atoms with van der Waals surface area (Å²) in [7, 11) is 0. The minimum atomic E-state index is -0.575. The number of aromatic nitrogens is 3. The first-order chi connectivity index (χ1) is 14.9. The lowest BCUT2D eigenvalue weighted by molar-refractivity contribution is -0.898. The molecule has 0 amide bonds. The number of rotatable bonds is 3. The molecule has 2 aliphatic heterocycles. The highest BCUT2D eigenvalue weighted by molar-refractivity contribution is 5.88. The van der Waals surface area contributed by atoms with Gasteiger partial charge < -0.3 is 10.5 Å². The van der Waals surface area contributed by atoms with E-state index in [0.717, 1.165) is 47.5 Å². The minimum absolute atomic E-state index is 0.0900. The zero-order valence-corrected chi connectivity index (χ0v) is 17.9. The lowest BCUT2D eigenvalue weighted by Crippen LogP contribution is -2.57. The van der Waals surface area contributed by atoms with E-state index >= 15 is 0 Å². The standard InChI is InChI=1S/C23H27N7O/c1-15-11-18(12-16(2)26-15)20-21(17-7-4-3-5-8-17)27-23(24)29-14-30(31,28-22(20)29)19-9-6-10-25-13-19/h3-5,7-8,11-12,19,24-25,28H,6,9-10,13-14H2,1-2H3. The predicted octanol–water partition coefficient (Wildman–Crippen LogP) is 3.07. The van der Waals surface area contributed by atoms with E-state index in [1.807, 2.05) is 56.3 Å². The van der Waals surface area contributed by atoms with Crippen LogP contribution in [0.15, 0.2) is 42.5 Å². The monoisotopic (exact) mass is 417 g/mol. The van der Waals surface area contributed by atoms with Crippen LogP contribution >= 0.6 is 0 Å². The summed E-state index contributed by atoms with van der Waals surface area (Å²) in [6, 6.07) is 13.8. The summed E-state index contributed by atoms with van der Waals surface area (Å²) in [6.07, 6.45) is 1.83. The average Bonchev–Trinajstić information content (AvgIpc) is 3.13. The molecule has 8 heteroatoms. The fourth-order valence-corrected chi connectivity index (χ4v) is 4.71. The Hall–Kier alpha value is -3.07. The largest absolute Gasteiger partial charge is 0.605 e. The predicted molar refractivity (Wildman–Crippen MR) is 119 cm³/mol. The van der Waals surface area contributed by atoms with Crippen LogP contribution in [0.5, 0.6) is 0 Å². The maximum atomic E-state index is 13.9. The Bertz CT molecular complexity index is 1160. The van der Waals surface area contributed by atoms with Gasteiger partial charge in [0.05, 0.1) is 17.8 Å². The van der Waals surface area contributed by atoms with E-state index in [1.54, 1.807) is 4.57 Å². The Morgan fingerprint density at radius 1 is 1.10 bits per heavy atom. The van der Waals surface area contributed by atoms with Crippen LogP contribution in [0.3, 0.4) is 0 Å². The molecule has 0 spiro atoms. The van der Waals surface area contributed by atoms with Crippen molar-refractivity contribution >= 4 is 5.82 Å². The highest BCUT2D eigenvalue weighted by atomic mass is 16.6. The van der Waals surface area contributed by atoms with E-state index in [0.29, 0.717) is 18.1 Å². The average molecular weight is 418 g/mol. The van der Waals surface area contributed by atoms with Crippen LogP contribution in [0.1, 0.15) is 24.2 Å². The lowest BCUT2D eigenvalue weighted by Gasteiger charge is -2.44. The number of benzene rings is 1. The molecule has 0 radical (unpaired) electrons. The molecule has 2 atom stereocenters. The number of piperidine rings is 1. The van der Waals surface area contributed by atoms with Crippen molar-refractivity contribution in [2.45, 2.75) is 39.4 Å². The molecule has 4 heterocycles. The molecule has 3 aromatic rings. The number of fused-ring (bicyclic) bond motifs is 1. The maximum absolute atomic E-state index is 13.9. The third-order valence-electron chi connectivity index (χ3n) is 6.14. The topological polar surface area (TPSA) is 102 Å². The van der Waals surface area contributed by atoms with Gasteiger partial charge in [-0.2, -0.15) is 0 Å². The molecule has 31 heavy (non-hydrogen) atoms. The van der Waals surface area contributed by atoms with Gasteiger partial charge in [-0.05, 0) is 44.5 Å². The second-order valence-corrected chi connectivity index (χ2v) is 8.49. The lowest BCUT2D eigenvalue weighted by atomic mass is 9.99. The summed E-state index contributed by atoms with van der Waals surface area (Å²) in [6.45, 7) is 5.68. The van der Waals surface area contributed by atoms with E-state index in [9.17, 15) is 5.21 Å². The van der Waals surface area contributed by atoms with Crippen molar-refractivity contribution in [2.75, 3.05) is 18.5 Å². The summed E-state index contributed by atoms with van der Waals surface area (Å²) >= 11 is 0. The highest BCUT2D eigenvalue weighted by Gasteiger charge is 2.39. The molecule has 2 unspecified atom stereocenters. The minimum Gasteiger partial charge on any atom is -0.605 e. The van der Waals surface area contributed by atoms with Crippen molar-refractivity contribution in [1.29, 1.82) is 5.41 Å². The number of hydrogen-bond acceptors (Lipinski definition) is 6. The Labute approximate surface area is 181 Å². The number of aryl methyl sites for hydroxylation is 2. The van der Waals surface area contributed by atoms with Gasteiger partial charge >= 0.3 is 0 Å². The van der Waals surface area contributed by atoms with Gasteiger partial charge in [-0.1, -0.05) is 30.3 Å². The van der Waals surface area contributed by atoms with Crippen LogP contribution in [0.25, 0.3) is 22.4 Å². The molecular weight excluding hydrogens is 390 g/mol. The second kappa shape index (κ2) is 7.56. The van der Waals surface area contributed by atoms with Crippen molar-refractivity contribution in [3.8, 4) is 22.4 Å².